The predicted octanol–water partition coefficient (Wildman–Crippen LogP) is 1.08. The first-order valence-electron chi connectivity index (χ1n) is 5.36. The van der Waals surface area contributed by atoms with Gasteiger partial charge in [0.05, 0.1) is 12.4 Å². The minimum Gasteiger partial charge on any atom is -0.382 e. The van der Waals surface area contributed by atoms with Crippen molar-refractivity contribution in [1.82, 2.24) is 15.3 Å². The second kappa shape index (κ2) is 5.44. The summed E-state index contributed by atoms with van der Waals surface area (Å²) in [5, 5.41) is 2.81. The highest BCUT2D eigenvalue weighted by atomic mass is 16.1. The highest BCUT2D eigenvalue weighted by Crippen LogP contribution is 2.07. The Morgan fingerprint density at radius 1 is 1.44 bits per heavy atom. The Labute approximate surface area is 95.5 Å². The van der Waals surface area contributed by atoms with Crippen LogP contribution < -0.4 is 11.1 Å². The molecule has 0 saturated carbocycles. The maximum atomic E-state index is 11.7. The number of carbonyl (C=O) groups is 1. The van der Waals surface area contributed by atoms with Gasteiger partial charge in [-0.05, 0) is 11.8 Å². The van der Waals surface area contributed by atoms with Gasteiger partial charge in [-0.15, -0.1) is 0 Å². The number of nitrogens with zero attached hydrogens (tertiary/aromatic N) is 2. The molecule has 1 atom stereocenters. The number of rotatable bonds is 4. The topological polar surface area (TPSA) is 80.9 Å². The van der Waals surface area contributed by atoms with Crippen LogP contribution in [0.3, 0.4) is 0 Å². The third-order valence-electron chi connectivity index (χ3n) is 2.61. The van der Waals surface area contributed by atoms with Crippen molar-refractivity contribution in [3.05, 3.63) is 18.1 Å². The molecule has 5 heteroatoms. The van der Waals surface area contributed by atoms with E-state index in [1.165, 1.54) is 12.4 Å². The first-order valence-corrected chi connectivity index (χ1v) is 5.36. The van der Waals surface area contributed by atoms with Gasteiger partial charge in [0.1, 0.15) is 11.5 Å². The van der Waals surface area contributed by atoms with Crippen LogP contribution in [0.1, 0.15) is 31.3 Å². The summed E-state index contributed by atoms with van der Waals surface area (Å²) in [7, 11) is 0. The number of aromatic nitrogens is 2. The van der Waals surface area contributed by atoms with Gasteiger partial charge >= 0.3 is 0 Å². The van der Waals surface area contributed by atoms with Gasteiger partial charge < -0.3 is 11.1 Å². The molecule has 5 nitrogen and oxygen atoms in total. The fourth-order valence-corrected chi connectivity index (χ4v) is 1.07. The Kier molecular flexibility index (Phi) is 4.22. The van der Waals surface area contributed by atoms with E-state index in [-0.39, 0.29) is 17.4 Å². The number of hydrogen-bond donors (Lipinski definition) is 2. The number of carbonyl (C=O) groups excluding carboxylic acids is 1. The quantitative estimate of drug-likeness (QED) is 0.798. The molecule has 0 spiro atoms. The van der Waals surface area contributed by atoms with Crippen LogP contribution >= 0.6 is 0 Å². The Balaban J connectivity index is 2.53. The summed E-state index contributed by atoms with van der Waals surface area (Å²) in [6.45, 7) is 6.97. The highest BCUT2D eigenvalue weighted by molar-refractivity contribution is 5.92. The van der Waals surface area contributed by atoms with Crippen LogP contribution in [0, 0.1) is 11.8 Å². The van der Waals surface area contributed by atoms with Gasteiger partial charge in [0.2, 0.25) is 0 Å². The zero-order chi connectivity index (χ0) is 12.1. The molecule has 1 amide bonds. The van der Waals surface area contributed by atoms with Crippen LogP contribution in [0.4, 0.5) is 5.82 Å². The van der Waals surface area contributed by atoms with E-state index in [4.69, 9.17) is 5.73 Å². The van der Waals surface area contributed by atoms with E-state index in [9.17, 15) is 4.79 Å². The third kappa shape index (κ3) is 3.49. The van der Waals surface area contributed by atoms with Crippen molar-refractivity contribution in [2.24, 2.45) is 11.8 Å². The van der Waals surface area contributed by atoms with Crippen LogP contribution in [0.15, 0.2) is 12.4 Å². The van der Waals surface area contributed by atoms with Gasteiger partial charge in [-0.1, -0.05) is 20.8 Å². The molecule has 0 bridgehead atoms. The van der Waals surface area contributed by atoms with Crippen molar-refractivity contribution in [1.29, 1.82) is 0 Å². The summed E-state index contributed by atoms with van der Waals surface area (Å²) in [4.78, 5) is 19.4. The molecule has 0 saturated heterocycles. The molecule has 0 fully saturated rings. The second-order valence-corrected chi connectivity index (χ2v) is 4.26. The van der Waals surface area contributed by atoms with Crippen LogP contribution in [-0.2, 0) is 0 Å². The summed E-state index contributed by atoms with van der Waals surface area (Å²) in [6, 6.07) is 0. The largest absolute Gasteiger partial charge is 0.382 e. The van der Waals surface area contributed by atoms with Gasteiger partial charge in [-0.2, -0.15) is 0 Å². The lowest BCUT2D eigenvalue weighted by molar-refractivity contribution is 0.0939. The Morgan fingerprint density at radius 3 is 2.69 bits per heavy atom. The van der Waals surface area contributed by atoms with E-state index in [2.05, 4.69) is 36.1 Å². The molecule has 0 aromatic carbocycles. The Bertz CT molecular complexity index is 365. The van der Waals surface area contributed by atoms with Gasteiger partial charge in [0, 0.05) is 6.54 Å². The van der Waals surface area contributed by atoms with Gasteiger partial charge in [-0.3, -0.25) is 9.78 Å². The normalized spacial score (nSPS) is 12.5. The summed E-state index contributed by atoms with van der Waals surface area (Å²) in [5.41, 5.74) is 5.71. The van der Waals surface area contributed by atoms with Crippen LogP contribution in [0.25, 0.3) is 0 Å². The third-order valence-corrected chi connectivity index (χ3v) is 2.61. The van der Waals surface area contributed by atoms with Crippen molar-refractivity contribution >= 4 is 11.7 Å². The van der Waals surface area contributed by atoms with Crippen LogP contribution in [-0.4, -0.2) is 22.4 Å². The number of nitrogen functional groups attached to an aromatic ring is 1. The first-order chi connectivity index (χ1) is 7.50. The summed E-state index contributed by atoms with van der Waals surface area (Å²) in [6.07, 6.45) is 2.82. The standard InChI is InChI=1S/C11H18N4O/c1-7(2)8(3)4-14-11(16)9-5-13-6-10(12)15-9/h5-8H,4H2,1-3H3,(H2,12,15)(H,14,16). The van der Waals surface area contributed by atoms with Crippen molar-refractivity contribution in [3.8, 4) is 0 Å². The number of amides is 1. The lowest BCUT2D eigenvalue weighted by Gasteiger charge is -2.15. The smallest absolute Gasteiger partial charge is 0.271 e. The SMILES string of the molecule is CC(C)C(C)CNC(=O)c1cncc(N)n1. The molecular weight excluding hydrogens is 204 g/mol. The molecule has 0 aliphatic rings. The molecule has 1 rings (SSSR count). The number of nitrogens with two attached hydrogens (primary N) is 1. The molecule has 3 N–H and O–H groups in total. The monoisotopic (exact) mass is 222 g/mol. The van der Waals surface area contributed by atoms with E-state index < -0.39 is 0 Å². The molecule has 1 unspecified atom stereocenters. The number of anilines is 1. The van der Waals surface area contributed by atoms with Crippen molar-refractivity contribution in [2.75, 3.05) is 12.3 Å². The minimum absolute atomic E-state index is 0.229. The molecule has 1 heterocycles. The number of hydrogen-bond acceptors (Lipinski definition) is 4. The molecule has 1 aromatic heterocycles. The van der Waals surface area contributed by atoms with E-state index >= 15 is 0 Å². The first kappa shape index (κ1) is 12.4. The van der Waals surface area contributed by atoms with E-state index in [0.29, 0.717) is 18.4 Å². The lowest BCUT2D eigenvalue weighted by atomic mass is 9.98. The molecule has 0 aliphatic carbocycles. The summed E-state index contributed by atoms with van der Waals surface area (Å²) >= 11 is 0. The van der Waals surface area contributed by atoms with Gasteiger partial charge in [0.25, 0.3) is 5.91 Å². The fraction of sp³-hybridized carbons (Fsp3) is 0.545. The average molecular weight is 222 g/mol. The highest BCUT2D eigenvalue weighted by Gasteiger charge is 2.11. The fourth-order valence-electron chi connectivity index (χ4n) is 1.07. The lowest BCUT2D eigenvalue weighted by Crippen LogP contribution is -2.30. The molecule has 0 aliphatic heterocycles. The average Bonchev–Trinajstić information content (AvgIpc) is 2.25. The molecule has 16 heavy (non-hydrogen) atoms. The summed E-state index contributed by atoms with van der Waals surface area (Å²) < 4.78 is 0. The maximum absolute atomic E-state index is 11.7. The van der Waals surface area contributed by atoms with Gasteiger partial charge in [0.15, 0.2) is 0 Å². The minimum atomic E-state index is -0.229. The van der Waals surface area contributed by atoms with Crippen molar-refractivity contribution < 1.29 is 4.79 Å². The summed E-state index contributed by atoms with van der Waals surface area (Å²) in [5.74, 6) is 0.988. The number of nitrogens with one attached hydrogen (secondary N) is 1. The van der Waals surface area contributed by atoms with Crippen molar-refractivity contribution in [3.63, 3.8) is 0 Å². The molecule has 0 radical (unpaired) electrons. The molecule has 1 aromatic rings. The molecular formula is C11H18N4O. The van der Waals surface area contributed by atoms with E-state index in [1.807, 2.05) is 0 Å². The van der Waals surface area contributed by atoms with Gasteiger partial charge in [-0.25, -0.2) is 4.98 Å². The second-order valence-electron chi connectivity index (χ2n) is 4.26. The maximum Gasteiger partial charge on any atom is 0.271 e. The van der Waals surface area contributed by atoms with Crippen LogP contribution in [0.2, 0.25) is 0 Å². The van der Waals surface area contributed by atoms with Crippen molar-refractivity contribution in [2.45, 2.75) is 20.8 Å². The van der Waals surface area contributed by atoms with E-state index in [1.54, 1.807) is 0 Å². The molecule has 88 valence electrons. The predicted molar refractivity (Wildman–Crippen MR) is 62.8 cm³/mol. The zero-order valence-electron chi connectivity index (χ0n) is 9.90. The Hall–Kier alpha value is -1.65. The van der Waals surface area contributed by atoms with E-state index in [0.717, 1.165) is 0 Å². The Morgan fingerprint density at radius 2 is 2.12 bits per heavy atom. The van der Waals surface area contributed by atoms with Crippen LogP contribution in [0.5, 0.6) is 0 Å². The zero-order valence-corrected chi connectivity index (χ0v) is 9.90.